The number of carbonyl (C=O) groups excluding carboxylic acids is 5. The number of para-hydroxylation sites is 1. The van der Waals surface area contributed by atoms with Gasteiger partial charge in [0.2, 0.25) is 23.6 Å². The Morgan fingerprint density at radius 2 is 1.48 bits per heavy atom. The van der Waals surface area contributed by atoms with Crippen molar-refractivity contribution in [1.82, 2.24) is 30.1 Å². The number of nitrogens with one attached hydrogen (secondary N) is 4. The number of rotatable bonds is 10. The monoisotopic (exact) mass is 987 g/mol. The Hall–Kier alpha value is -7.83. The number of benzene rings is 5. The molecular formula is C55H58FN11O6. The summed E-state index contributed by atoms with van der Waals surface area (Å²) in [7, 11) is 5.02. The average molecular weight is 988 g/mol. The van der Waals surface area contributed by atoms with E-state index in [2.05, 4.69) is 48.2 Å². The number of hydrogen-bond donors (Lipinski definition) is 4. The quantitative estimate of drug-likeness (QED) is 0.124. The van der Waals surface area contributed by atoms with Crippen molar-refractivity contribution in [2.45, 2.75) is 56.7 Å². The summed E-state index contributed by atoms with van der Waals surface area (Å²) in [6.07, 6.45) is 3.62. The number of nitrogens with zero attached hydrogens (tertiary/aromatic N) is 7. The van der Waals surface area contributed by atoms with Gasteiger partial charge in [-0.15, -0.1) is 0 Å². The zero-order valence-corrected chi connectivity index (χ0v) is 41.1. The van der Waals surface area contributed by atoms with Gasteiger partial charge < -0.3 is 30.3 Å². The molecule has 0 aliphatic carbocycles. The third-order valence-corrected chi connectivity index (χ3v) is 15.5. The van der Waals surface area contributed by atoms with Crippen LogP contribution in [0.4, 0.5) is 32.8 Å². The van der Waals surface area contributed by atoms with E-state index >= 15 is 4.39 Å². The maximum atomic E-state index is 17.4. The normalized spacial score (nSPS) is 19.7. The molecule has 376 valence electrons. The van der Waals surface area contributed by atoms with Gasteiger partial charge in [-0.25, -0.2) is 14.6 Å². The summed E-state index contributed by atoms with van der Waals surface area (Å²) in [4.78, 5) is 86.8. The number of imide groups is 1. The number of imidazole rings is 1. The summed E-state index contributed by atoms with van der Waals surface area (Å²) >= 11 is 0. The van der Waals surface area contributed by atoms with E-state index in [1.165, 1.54) is 7.05 Å². The fraction of sp³-hybridized carbons (Fsp3) is 0.345. The van der Waals surface area contributed by atoms with Gasteiger partial charge in [-0.3, -0.25) is 43.3 Å². The van der Waals surface area contributed by atoms with Gasteiger partial charge in [0.1, 0.15) is 17.9 Å². The van der Waals surface area contributed by atoms with Gasteiger partial charge in [0, 0.05) is 120 Å². The van der Waals surface area contributed by atoms with Crippen molar-refractivity contribution < 1.29 is 28.4 Å². The number of anilines is 5. The van der Waals surface area contributed by atoms with Crippen LogP contribution in [-0.4, -0.2) is 110 Å². The van der Waals surface area contributed by atoms with Gasteiger partial charge in [-0.05, 0) is 109 Å². The van der Waals surface area contributed by atoms with Crippen LogP contribution in [-0.2, 0) is 26.2 Å². The van der Waals surface area contributed by atoms with Gasteiger partial charge in [0.15, 0.2) is 0 Å². The molecular weight excluding hydrogens is 930 g/mol. The fourth-order valence-electron chi connectivity index (χ4n) is 11.7. The minimum atomic E-state index is -1.07. The van der Waals surface area contributed by atoms with Crippen molar-refractivity contribution in [2.24, 2.45) is 7.05 Å². The summed E-state index contributed by atoms with van der Waals surface area (Å²) in [6, 6.07) is 28.6. The minimum absolute atomic E-state index is 0.0505. The summed E-state index contributed by atoms with van der Waals surface area (Å²) in [6.45, 7) is 5.61. The maximum absolute atomic E-state index is 17.4. The standard InChI is InChI=1S/C55H58FN11O6/c1-57-52(70)34-9-4-10-35(30-34)58-54(72)50-48-42(62(3)60-50)18-17-40(49(48)56)39-16-15-38(66-23-7-14-47(66)69)32-41(39)33-8-5-11-37(31-33)64-28-26-63(27-29-64)36-21-24-65(25-22-36)43-12-6-13-44-51(43)61(2)55(73)67(44)45-19-20-46(68)59-53(45)71/h4-6,8-13,15-18,30-32,36,45,50,60H,7,14,19-29H2,1-3H3,(H,57,70)(H,58,72)(H,59,68,71). The van der Waals surface area contributed by atoms with Crippen LogP contribution < -0.4 is 46.8 Å². The van der Waals surface area contributed by atoms with Crippen molar-refractivity contribution >= 4 is 69.0 Å². The highest BCUT2D eigenvalue weighted by atomic mass is 19.1. The first-order valence-corrected chi connectivity index (χ1v) is 25.1. The van der Waals surface area contributed by atoms with Crippen molar-refractivity contribution in [1.29, 1.82) is 0 Å². The van der Waals surface area contributed by atoms with Crippen molar-refractivity contribution in [3.63, 3.8) is 0 Å². The lowest BCUT2D eigenvalue weighted by Gasteiger charge is -2.44. The highest BCUT2D eigenvalue weighted by molar-refractivity contribution is 6.02. The number of carbonyl (C=O) groups is 5. The summed E-state index contributed by atoms with van der Waals surface area (Å²) in [5.41, 5.74) is 11.2. The maximum Gasteiger partial charge on any atom is 0.329 e. The number of piperidine rings is 2. The molecule has 1 aromatic heterocycles. The topological polar surface area (TPSA) is 177 Å². The molecule has 18 heteroatoms. The average Bonchev–Trinajstić information content (AvgIpc) is 4.08. The molecule has 0 bridgehead atoms. The second-order valence-corrected chi connectivity index (χ2v) is 19.6. The number of halogens is 1. The number of amides is 5. The molecule has 5 aliphatic rings. The lowest BCUT2D eigenvalue weighted by atomic mass is 9.90. The second-order valence-electron chi connectivity index (χ2n) is 19.6. The third-order valence-electron chi connectivity index (χ3n) is 15.5. The molecule has 11 rings (SSSR count). The zero-order chi connectivity index (χ0) is 50.7. The number of hydrogen-bond acceptors (Lipinski definition) is 11. The number of hydrazine groups is 1. The van der Waals surface area contributed by atoms with E-state index < -0.39 is 29.7 Å². The molecule has 0 radical (unpaired) electrons. The molecule has 4 fully saturated rings. The molecule has 4 N–H and O–H groups in total. The molecule has 4 saturated heterocycles. The predicted molar refractivity (Wildman–Crippen MR) is 279 cm³/mol. The van der Waals surface area contributed by atoms with Gasteiger partial charge in [0.25, 0.3) is 5.91 Å². The molecule has 5 amide bonds. The van der Waals surface area contributed by atoms with E-state index in [1.807, 2.05) is 54.6 Å². The Balaban J connectivity index is 0.813. The van der Waals surface area contributed by atoms with Crippen LogP contribution in [0, 0.1) is 5.82 Å². The fourth-order valence-corrected chi connectivity index (χ4v) is 11.7. The molecule has 6 heterocycles. The lowest BCUT2D eigenvalue weighted by Crippen LogP contribution is -2.53. The Morgan fingerprint density at radius 3 is 2.23 bits per heavy atom. The molecule has 6 aromatic rings. The van der Waals surface area contributed by atoms with Crippen LogP contribution >= 0.6 is 0 Å². The van der Waals surface area contributed by atoms with Gasteiger partial charge in [0.05, 0.1) is 22.4 Å². The van der Waals surface area contributed by atoms with Crippen LogP contribution in [0.15, 0.2) is 102 Å². The van der Waals surface area contributed by atoms with E-state index in [0.717, 1.165) is 92.2 Å². The number of fused-ring (bicyclic) bond motifs is 2. The molecule has 0 saturated carbocycles. The van der Waals surface area contributed by atoms with E-state index in [-0.39, 0.29) is 41.8 Å². The second kappa shape index (κ2) is 19.3. The van der Waals surface area contributed by atoms with E-state index in [4.69, 9.17) is 0 Å². The first kappa shape index (κ1) is 47.5. The highest BCUT2D eigenvalue weighted by Gasteiger charge is 2.37. The summed E-state index contributed by atoms with van der Waals surface area (Å²) in [5.74, 6) is -2.03. The first-order chi connectivity index (χ1) is 35.4. The molecule has 5 aliphatic heterocycles. The van der Waals surface area contributed by atoms with Crippen LogP contribution in [0.2, 0.25) is 0 Å². The van der Waals surface area contributed by atoms with E-state index in [9.17, 15) is 28.8 Å². The van der Waals surface area contributed by atoms with Crippen LogP contribution in [0.25, 0.3) is 33.3 Å². The van der Waals surface area contributed by atoms with Gasteiger partial charge >= 0.3 is 5.69 Å². The minimum Gasteiger partial charge on any atom is -0.370 e. The molecule has 17 nitrogen and oxygen atoms in total. The SMILES string of the molecule is CNC(=O)c1cccc(NC(=O)C2NN(C)c3ccc(-c4ccc(N5CCCC5=O)cc4-c4cccc(N5CCN(C6CCN(c7cccc8c7n(C)c(=O)n8C7CCC(=O)NC7=O)CC6)CC5)c4)c(F)c32)c1. The smallest absolute Gasteiger partial charge is 0.329 e. The number of piperazine rings is 1. The molecule has 73 heavy (non-hydrogen) atoms. The van der Waals surface area contributed by atoms with Crippen LogP contribution in [0.3, 0.4) is 0 Å². The summed E-state index contributed by atoms with van der Waals surface area (Å²) in [5, 5.41) is 9.50. The van der Waals surface area contributed by atoms with Gasteiger partial charge in [-0.2, -0.15) is 0 Å². The Kier molecular flexibility index (Phi) is 12.6. The Labute approximate surface area is 421 Å². The van der Waals surface area contributed by atoms with Crippen molar-refractivity contribution in [3.05, 3.63) is 124 Å². The predicted octanol–water partition coefficient (Wildman–Crippen LogP) is 5.70. The van der Waals surface area contributed by atoms with Crippen LogP contribution in [0.1, 0.15) is 66.5 Å². The van der Waals surface area contributed by atoms with Gasteiger partial charge in [-0.1, -0.05) is 30.3 Å². The molecule has 2 unspecified atom stereocenters. The summed E-state index contributed by atoms with van der Waals surface area (Å²) < 4.78 is 20.6. The molecule has 2 atom stereocenters. The number of aryl methyl sites for hydroxylation is 1. The molecule has 0 spiro atoms. The Bertz CT molecular complexity index is 3280. The zero-order valence-electron chi connectivity index (χ0n) is 41.1. The third kappa shape index (κ3) is 8.67. The molecule has 5 aromatic carbocycles. The Morgan fingerprint density at radius 1 is 0.712 bits per heavy atom. The van der Waals surface area contributed by atoms with E-state index in [1.54, 1.807) is 63.5 Å². The highest BCUT2D eigenvalue weighted by Crippen LogP contribution is 2.44. The van der Waals surface area contributed by atoms with Crippen LogP contribution in [0.5, 0.6) is 0 Å². The van der Waals surface area contributed by atoms with E-state index in [0.29, 0.717) is 52.6 Å². The largest absolute Gasteiger partial charge is 0.370 e. The van der Waals surface area contributed by atoms with Crippen molar-refractivity contribution in [2.75, 3.05) is 84.9 Å². The number of aromatic nitrogens is 2. The first-order valence-electron chi connectivity index (χ1n) is 25.1. The lowest BCUT2D eigenvalue weighted by molar-refractivity contribution is -0.135. The van der Waals surface area contributed by atoms with Crippen molar-refractivity contribution in [3.8, 4) is 22.3 Å².